The number of quaternary nitrogens is 2. The van der Waals surface area contributed by atoms with E-state index in [0.29, 0.717) is 0 Å². The maximum Gasteiger partial charge on any atom is 0.127 e. The van der Waals surface area contributed by atoms with Crippen molar-refractivity contribution in [2.45, 2.75) is 13.1 Å². The molecule has 3 heteroatoms. The van der Waals surface area contributed by atoms with Gasteiger partial charge in [0.05, 0.1) is 0 Å². The van der Waals surface area contributed by atoms with Crippen LogP contribution in [0.1, 0.15) is 11.1 Å². The van der Waals surface area contributed by atoms with E-state index in [9.17, 15) is 0 Å². The number of nitrogens with one attached hydrogen (secondary N) is 2. The molecular formula is C17H23N3+2. The number of nitrogens with zero attached hydrogens (tertiary/aromatic N) is 1. The average Bonchev–Trinajstić information content (AvgIpc) is 2.51. The maximum atomic E-state index is 4.20. The van der Waals surface area contributed by atoms with Crippen molar-refractivity contribution >= 4 is 0 Å². The van der Waals surface area contributed by atoms with Gasteiger partial charge < -0.3 is 9.80 Å². The number of benzene rings is 1. The molecule has 0 aliphatic carbocycles. The van der Waals surface area contributed by atoms with Crippen LogP contribution in [0, 0.1) is 0 Å². The Bertz CT molecular complexity index is 455. The second-order valence-corrected chi connectivity index (χ2v) is 5.70. The summed E-state index contributed by atoms with van der Waals surface area (Å²) in [5, 5.41) is 0. The largest absolute Gasteiger partial charge is 0.322 e. The highest BCUT2D eigenvalue weighted by Crippen LogP contribution is 1.95. The number of aromatic nitrogens is 1. The molecule has 0 radical (unpaired) electrons. The van der Waals surface area contributed by atoms with Crippen LogP contribution in [0.4, 0.5) is 0 Å². The molecule has 0 bridgehead atoms. The molecule has 1 aliphatic heterocycles. The maximum absolute atomic E-state index is 4.20. The normalized spacial score (nSPS) is 22.6. The Hall–Kier alpha value is -1.71. The molecular weight excluding hydrogens is 246 g/mol. The zero-order valence-corrected chi connectivity index (χ0v) is 11.9. The molecule has 3 rings (SSSR count). The summed E-state index contributed by atoms with van der Waals surface area (Å²) in [5.41, 5.74) is 2.81. The third kappa shape index (κ3) is 3.65. The SMILES string of the molecule is c1ccc(C[NH+]2CC[NH+](Cc3cccnc3)CC2)cc1. The molecule has 2 aromatic rings. The molecule has 1 aromatic heterocycles. The fraction of sp³-hybridized carbons (Fsp3) is 0.353. The quantitative estimate of drug-likeness (QED) is 0.772. The van der Waals surface area contributed by atoms with Gasteiger partial charge in [-0.1, -0.05) is 36.4 Å². The first-order valence-corrected chi connectivity index (χ1v) is 7.50. The van der Waals surface area contributed by atoms with Gasteiger partial charge in [-0.2, -0.15) is 0 Å². The summed E-state index contributed by atoms with van der Waals surface area (Å²) in [5.74, 6) is 0. The van der Waals surface area contributed by atoms with Gasteiger partial charge >= 0.3 is 0 Å². The molecule has 1 aromatic carbocycles. The first-order valence-electron chi connectivity index (χ1n) is 7.50. The van der Waals surface area contributed by atoms with Gasteiger partial charge in [0.25, 0.3) is 0 Å². The van der Waals surface area contributed by atoms with Crippen molar-refractivity contribution in [3.63, 3.8) is 0 Å². The van der Waals surface area contributed by atoms with E-state index in [1.54, 1.807) is 9.80 Å². The van der Waals surface area contributed by atoms with Gasteiger partial charge in [-0.15, -0.1) is 0 Å². The Labute approximate surface area is 120 Å². The van der Waals surface area contributed by atoms with E-state index in [4.69, 9.17) is 0 Å². The van der Waals surface area contributed by atoms with Crippen molar-refractivity contribution < 1.29 is 9.80 Å². The molecule has 2 N–H and O–H groups in total. The second kappa shape index (κ2) is 6.64. The summed E-state index contributed by atoms with van der Waals surface area (Å²) in [6.07, 6.45) is 3.84. The lowest BCUT2D eigenvalue weighted by atomic mass is 10.2. The van der Waals surface area contributed by atoms with Gasteiger partial charge in [-0.05, 0) is 6.07 Å². The first-order chi connectivity index (χ1) is 9.90. The van der Waals surface area contributed by atoms with Crippen LogP contribution in [0.15, 0.2) is 54.9 Å². The summed E-state index contributed by atoms with van der Waals surface area (Å²) in [6, 6.07) is 15.1. The Morgan fingerprint density at radius 3 is 1.95 bits per heavy atom. The number of rotatable bonds is 4. The third-order valence-corrected chi connectivity index (χ3v) is 4.14. The third-order valence-electron chi connectivity index (χ3n) is 4.14. The Balaban J connectivity index is 1.47. The van der Waals surface area contributed by atoms with Gasteiger partial charge in [-0.25, -0.2) is 0 Å². The number of hydrogen-bond donors (Lipinski definition) is 2. The highest BCUT2D eigenvalue weighted by atomic mass is 15.3. The average molecular weight is 269 g/mol. The molecule has 2 heterocycles. The summed E-state index contributed by atoms with van der Waals surface area (Å²) >= 11 is 0. The van der Waals surface area contributed by atoms with Crippen LogP contribution in [-0.2, 0) is 13.1 Å². The monoisotopic (exact) mass is 269 g/mol. The predicted octanol–water partition coefficient (Wildman–Crippen LogP) is -0.435. The Morgan fingerprint density at radius 2 is 1.35 bits per heavy atom. The highest BCUT2D eigenvalue weighted by Gasteiger charge is 2.22. The zero-order valence-electron chi connectivity index (χ0n) is 11.9. The molecule has 0 spiro atoms. The molecule has 20 heavy (non-hydrogen) atoms. The van der Waals surface area contributed by atoms with Crippen LogP contribution in [0.2, 0.25) is 0 Å². The molecule has 3 nitrogen and oxygen atoms in total. The van der Waals surface area contributed by atoms with Crippen molar-refractivity contribution in [2.24, 2.45) is 0 Å². The molecule has 1 aliphatic rings. The minimum absolute atomic E-state index is 1.12. The van der Waals surface area contributed by atoms with Crippen molar-refractivity contribution in [3.8, 4) is 0 Å². The number of hydrogen-bond acceptors (Lipinski definition) is 1. The minimum Gasteiger partial charge on any atom is -0.322 e. The van der Waals surface area contributed by atoms with Crippen LogP contribution >= 0.6 is 0 Å². The Kier molecular flexibility index (Phi) is 4.41. The van der Waals surface area contributed by atoms with E-state index in [-0.39, 0.29) is 0 Å². The van der Waals surface area contributed by atoms with E-state index in [1.165, 1.54) is 43.9 Å². The van der Waals surface area contributed by atoms with Crippen molar-refractivity contribution in [1.29, 1.82) is 0 Å². The van der Waals surface area contributed by atoms with Crippen LogP contribution in [-0.4, -0.2) is 31.2 Å². The van der Waals surface area contributed by atoms with Crippen molar-refractivity contribution in [1.82, 2.24) is 4.98 Å². The van der Waals surface area contributed by atoms with Crippen molar-refractivity contribution in [2.75, 3.05) is 26.2 Å². The summed E-state index contributed by atoms with van der Waals surface area (Å²) < 4.78 is 0. The molecule has 1 fully saturated rings. The molecule has 0 saturated carbocycles. The zero-order chi connectivity index (χ0) is 13.6. The molecule has 0 unspecified atom stereocenters. The van der Waals surface area contributed by atoms with Crippen LogP contribution in [0.25, 0.3) is 0 Å². The first kappa shape index (κ1) is 13.3. The van der Waals surface area contributed by atoms with Gasteiger partial charge in [0.2, 0.25) is 0 Å². The van der Waals surface area contributed by atoms with E-state index in [0.717, 1.165) is 6.54 Å². The fourth-order valence-corrected chi connectivity index (χ4v) is 2.99. The topological polar surface area (TPSA) is 21.8 Å². The lowest BCUT2D eigenvalue weighted by Crippen LogP contribution is -3.27. The summed E-state index contributed by atoms with van der Waals surface area (Å²) in [6.45, 7) is 7.34. The van der Waals surface area contributed by atoms with Crippen LogP contribution in [0.3, 0.4) is 0 Å². The lowest BCUT2D eigenvalue weighted by Gasteiger charge is -2.29. The van der Waals surface area contributed by atoms with Gasteiger partial charge in [-0.3, -0.25) is 4.98 Å². The number of pyridine rings is 1. The summed E-state index contributed by atoms with van der Waals surface area (Å²) in [7, 11) is 0. The number of piperazine rings is 1. The van der Waals surface area contributed by atoms with E-state index >= 15 is 0 Å². The molecule has 104 valence electrons. The fourth-order valence-electron chi connectivity index (χ4n) is 2.99. The molecule has 0 atom stereocenters. The smallest absolute Gasteiger partial charge is 0.127 e. The van der Waals surface area contributed by atoms with E-state index in [2.05, 4.69) is 41.4 Å². The van der Waals surface area contributed by atoms with E-state index < -0.39 is 0 Å². The standard InChI is InChI=1S/C17H21N3/c1-2-5-16(6-3-1)14-19-9-11-20(12-10-19)15-17-7-4-8-18-13-17/h1-8,13H,9-12,14-15H2/p+2. The van der Waals surface area contributed by atoms with Crippen LogP contribution in [0.5, 0.6) is 0 Å². The predicted molar refractivity (Wildman–Crippen MR) is 79.5 cm³/mol. The lowest BCUT2D eigenvalue weighted by molar-refractivity contribution is -1.02. The molecule has 1 saturated heterocycles. The highest BCUT2D eigenvalue weighted by molar-refractivity contribution is 5.13. The van der Waals surface area contributed by atoms with Gasteiger partial charge in [0.15, 0.2) is 0 Å². The van der Waals surface area contributed by atoms with Gasteiger partial charge in [0.1, 0.15) is 39.3 Å². The van der Waals surface area contributed by atoms with Crippen LogP contribution < -0.4 is 9.80 Å². The molecule has 0 amide bonds. The minimum atomic E-state index is 1.12. The Morgan fingerprint density at radius 1 is 0.750 bits per heavy atom. The van der Waals surface area contributed by atoms with Crippen molar-refractivity contribution in [3.05, 3.63) is 66.0 Å². The second-order valence-electron chi connectivity index (χ2n) is 5.70. The summed E-state index contributed by atoms with van der Waals surface area (Å²) in [4.78, 5) is 7.61. The van der Waals surface area contributed by atoms with E-state index in [1.807, 2.05) is 18.5 Å². The van der Waals surface area contributed by atoms with Gasteiger partial charge in [0, 0.05) is 23.5 Å².